The summed E-state index contributed by atoms with van der Waals surface area (Å²) in [4.78, 5) is 14.1. The van der Waals surface area contributed by atoms with Gasteiger partial charge in [0.1, 0.15) is 6.61 Å². The molecule has 1 saturated carbocycles. The van der Waals surface area contributed by atoms with Crippen molar-refractivity contribution in [1.29, 1.82) is 0 Å². The van der Waals surface area contributed by atoms with Gasteiger partial charge in [0.15, 0.2) is 0 Å². The van der Waals surface area contributed by atoms with E-state index in [0.29, 0.717) is 25.0 Å². The molecule has 0 saturated heterocycles. The van der Waals surface area contributed by atoms with Crippen molar-refractivity contribution in [3.63, 3.8) is 0 Å². The van der Waals surface area contributed by atoms with E-state index in [1.165, 1.54) is 25.7 Å². The van der Waals surface area contributed by atoms with E-state index in [4.69, 9.17) is 16.3 Å². The molecule has 1 aromatic carbocycles. The zero-order valence-electron chi connectivity index (χ0n) is 13.3. The van der Waals surface area contributed by atoms with E-state index in [9.17, 15) is 4.79 Å². The molecule has 0 radical (unpaired) electrons. The molecule has 0 atom stereocenters. The average Bonchev–Trinajstić information content (AvgIpc) is 2.59. The van der Waals surface area contributed by atoms with Gasteiger partial charge in [-0.2, -0.15) is 0 Å². The van der Waals surface area contributed by atoms with Crippen LogP contribution in [0, 0.1) is 11.8 Å². The van der Waals surface area contributed by atoms with Crippen molar-refractivity contribution in [3.8, 4) is 0 Å². The molecule has 0 spiro atoms. The predicted molar refractivity (Wildman–Crippen MR) is 90.0 cm³/mol. The molecule has 0 aliphatic heterocycles. The van der Waals surface area contributed by atoms with Crippen LogP contribution in [-0.2, 0) is 11.3 Å². The van der Waals surface area contributed by atoms with E-state index >= 15 is 0 Å². The highest BCUT2D eigenvalue weighted by Crippen LogP contribution is 2.30. The standard InChI is InChI=1S/C18H26ClNO2/c1-2-20(13-16-10-8-15(12-19)9-11-16)18(21)22-14-17-6-4-3-5-7-17/h3-7,15-16H,2,8-14H2,1H3. The minimum atomic E-state index is -0.203. The van der Waals surface area contributed by atoms with Gasteiger partial charge < -0.3 is 9.64 Å². The molecular weight excluding hydrogens is 298 g/mol. The second kappa shape index (κ2) is 9.04. The first-order valence-corrected chi connectivity index (χ1v) is 8.78. The number of rotatable bonds is 6. The number of ether oxygens (including phenoxy) is 1. The predicted octanol–water partition coefficient (Wildman–Crippen LogP) is 4.69. The Balaban J connectivity index is 1.77. The van der Waals surface area contributed by atoms with E-state index < -0.39 is 0 Å². The van der Waals surface area contributed by atoms with Gasteiger partial charge in [-0.05, 0) is 50.0 Å². The Morgan fingerprint density at radius 3 is 2.41 bits per heavy atom. The summed E-state index contributed by atoms with van der Waals surface area (Å²) in [6, 6.07) is 9.81. The van der Waals surface area contributed by atoms with Crippen LogP contribution in [-0.4, -0.2) is 30.0 Å². The topological polar surface area (TPSA) is 29.5 Å². The monoisotopic (exact) mass is 323 g/mol. The minimum Gasteiger partial charge on any atom is -0.445 e. The van der Waals surface area contributed by atoms with Crippen molar-refractivity contribution in [1.82, 2.24) is 4.90 Å². The fourth-order valence-electron chi connectivity index (χ4n) is 3.02. The molecule has 3 nitrogen and oxygen atoms in total. The van der Waals surface area contributed by atoms with Crippen molar-refractivity contribution < 1.29 is 9.53 Å². The molecule has 22 heavy (non-hydrogen) atoms. The van der Waals surface area contributed by atoms with Crippen molar-refractivity contribution in [3.05, 3.63) is 35.9 Å². The highest BCUT2D eigenvalue weighted by Gasteiger charge is 2.24. The number of benzene rings is 1. The van der Waals surface area contributed by atoms with Gasteiger partial charge in [-0.15, -0.1) is 11.6 Å². The van der Waals surface area contributed by atoms with Crippen LogP contribution in [0.3, 0.4) is 0 Å². The molecule has 1 aliphatic rings. The number of amides is 1. The Bertz CT molecular complexity index is 444. The van der Waals surface area contributed by atoms with Gasteiger partial charge in [-0.1, -0.05) is 30.3 Å². The first kappa shape index (κ1) is 17.1. The van der Waals surface area contributed by atoms with Crippen LogP contribution in [0.1, 0.15) is 38.2 Å². The Morgan fingerprint density at radius 1 is 1.18 bits per heavy atom. The van der Waals surface area contributed by atoms with Gasteiger partial charge >= 0.3 is 6.09 Å². The number of carbonyl (C=O) groups is 1. The quantitative estimate of drug-likeness (QED) is 0.711. The van der Waals surface area contributed by atoms with E-state index in [1.807, 2.05) is 42.2 Å². The third-order valence-corrected chi connectivity index (χ3v) is 4.94. The highest BCUT2D eigenvalue weighted by molar-refractivity contribution is 6.18. The van der Waals surface area contributed by atoms with Crippen molar-refractivity contribution in [2.75, 3.05) is 19.0 Å². The summed E-state index contributed by atoms with van der Waals surface area (Å²) in [5.74, 6) is 2.02. The fraction of sp³-hybridized carbons (Fsp3) is 0.611. The maximum absolute atomic E-state index is 12.2. The van der Waals surface area contributed by atoms with E-state index in [2.05, 4.69) is 0 Å². The van der Waals surface area contributed by atoms with Gasteiger partial charge in [0.05, 0.1) is 0 Å². The molecule has 1 aromatic rings. The third kappa shape index (κ3) is 5.20. The Kier molecular flexibility index (Phi) is 7.04. The van der Waals surface area contributed by atoms with Gasteiger partial charge in [-0.3, -0.25) is 0 Å². The molecule has 2 rings (SSSR count). The largest absolute Gasteiger partial charge is 0.445 e. The molecule has 1 aliphatic carbocycles. The van der Waals surface area contributed by atoms with Gasteiger partial charge in [0, 0.05) is 19.0 Å². The smallest absolute Gasteiger partial charge is 0.410 e. The molecule has 4 heteroatoms. The van der Waals surface area contributed by atoms with Crippen LogP contribution in [0.25, 0.3) is 0 Å². The van der Waals surface area contributed by atoms with Crippen LogP contribution >= 0.6 is 11.6 Å². The van der Waals surface area contributed by atoms with Gasteiger partial charge in [-0.25, -0.2) is 4.79 Å². The molecule has 0 bridgehead atoms. The lowest BCUT2D eigenvalue weighted by Gasteiger charge is -2.31. The van der Waals surface area contributed by atoms with Crippen LogP contribution in [0.5, 0.6) is 0 Å². The van der Waals surface area contributed by atoms with Crippen LogP contribution in [0.2, 0.25) is 0 Å². The first-order chi connectivity index (χ1) is 10.7. The van der Waals surface area contributed by atoms with Crippen molar-refractivity contribution in [2.24, 2.45) is 11.8 Å². The average molecular weight is 324 g/mol. The lowest BCUT2D eigenvalue weighted by molar-refractivity contribution is 0.0877. The summed E-state index contributed by atoms with van der Waals surface area (Å²) in [7, 11) is 0. The van der Waals surface area contributed by atoms with Crippen LogP contribution in [0.4, 0.5) is 4.79 Å². The molecule has 122 valence electrons. The Labute approximate surface area is 138 Å². The molecule has 0 heterocycles. The number of carbonyl (C=O) groups excluding carboxylic acids is 1. The van der Waals surface area contributed by atoms with Crippen LogP contribution < -0.4 is 0 Å². The number of hydrogen-bond acceptors (Lipinski definition) is 2. The SMILES string of the molecule is CCN(CC1CCC(CCl)CC1)C(=O)OCc1ccccc1. The third-order valence-electron chi connectivity index (χ3n) is 4.51. The highest BCUT2D eigenvalue weighted by atomic mass is 35.5. The Morgan fingerprint density at radius 2 is 1.82 bits per heavy atom. The summed E-state index contributed by atoms with van der Waals surface area (Å²) in [5.41, 5.74) is 1.02. The summed E-state index contributed by atoms with van der Waals surface area (Å²) >= 11 is 5.93. The van der Waals surface area contributed by atoms with E-state index in [0.717, 1.165) is 18.0 Å². The Hall–Kier alpha value is -1.22. The van der Waals surface area contributed by atoms with E-state index in [1.54, 1.807) is 0 Å². The second-order valence-electron chi connectivity index (χ2n) is 6.12. The molecule has 0 aromatic heterocycles. The molecule has 1 amide bonds. The number of alkyl halides is 1. The second-order valence-corrected chi connectivity index (χ2v) is 6.43. The van der Waals surface area contributed by atoms with Gasteiger partial charge in [0.25, 0.3) is 0 Å². The van der Waals surface area contributed by atoms with E-state index in [-0.39, 0.29) is 6.09 Å². The zero-order valence-corrected chi connectivity index (χ0v) is 14.1. The van der Waals surface area contributed by atoms with Crippen molar-refractivity contribution >= 4 is 17.7 Å². The maximum Gasteiger partial charge on any atom is 0.410 e. The molecule has 0 unspecified atom stereocenters. The molecular formula is C18H26ClNO2. The summed E-state index contributed by atoms with van der Waals surface area (Å²) in [5, 5.41) is 0. The lowest BCUT2D eigenvalue weighted by atomic mass is 9.83. The molecule has 1 fully saturated rings. The van der Waals surface area contributed by atoms with Crippen LogP contribution in [0.15, 0.2) is 30.3 Å². The minimum absolute atomic E-state index is 0.203. The maximum atomic E-state index is 12.2. The summed E-state index contributed by atoms with van der Waals surface area (Å²) < 4.78 is 5.43. The van der Waals surface area contributed by atoms with Gasteiger partial charge in [0.2, 0.25) is 0 Å². The lowest BCUT2D eigenvalue weighted by Crippen LogP contribution is -2.36. The first-order valence-electron chi connectivity index (χ1n) is 8.24. The number of hydrogen-bond donors (Lipinski definition) is 0. The number of halogens is 1. The number of nitrogens with zero attached hydrogens (tertiary/aromatic N) is 1. The molecule has 0 N–H and O–H groups in total. The zero-order chi connectivity index (χ0) is 15.8. The summed E-state index contributed by atoms with van der Waals surface area (Å²) in [6.07, 6.45) is 4.50. The summed E-state index contributed by atoms with van der Waals surface area (Å²) in [6.45, 7) is 3.85. The fourth-order valence-corrected chi connectivity index (χ4v) is 3.33. The van der Waals surface area contributed by atoms with Crippen molar-refractivity contribution in [2.45, 2.75) is 39.2 Å². The normalized spacial score (nSPS) is 21.4.